The van der Waals surface area contributed by atoms with Gasteiger partial charge >= 0.3 is 0 Å². The summed E-state index contributed by atoms with van der Waals surface area (Å²) in [5.74, 6) is -0.335. The highest BCUT2D eigenvalue weighted by molar-refractivity contribution is 5.83. The van der Waals surface area contributed by atoms with Crippen LogP contribution in [-0.2, 0) is 4.79 Å². The fourth-order valence-electron chi connectivity index (χ4n) is 2.28. The Morgan fingerprint density at radius 1 is 0.923 bits per heavy atom. The highest BCUT2D eigenvalue weighted by atomic mass is 19.1. The Bertz CT molecular complexity index is 876. The number of hydrogen-bond acceptors (Lipinski definition) is 3. The minimum atomic E-state index is -0.397. The van der Waals surface area contributed by atoms with Crippen LogP contribution >= 0.6 is 0 Å². The van der Waals surface area contributed by atoms with Crippen LogP contribution in [0.1, 0.15) is 5.56 Å². The van der Waals surface area contributed by atoms with E-state index in [1.165, 1.54) is 24.3 Å². The SMILES string of the molecule is O=C(COc1ccc(F)cc1)N/N=C\c1ccc(-c2ccccc2)cc1. The number of ether oxygens (including phenoxy) is 1. The third-order valence-corrected chi connectivity index (χ3v) is 3.60. The molecule has 1 N–H and O–H groups in total. The van der Waals surface area contributed by atoms with Gasteiger partial charge in [-0.05, 0) is 41.0 Å². The molecule has 5 heteroatoms. The topological polar surface area (TPSA) is 50.7 Å². The summed E-state index contributed by atoms with van der Waals surface area (Å²) in [4.78, 5) is 11.7. The van der Waals surface area contributed by atoms with Crippen LogP contribution in [0.3, 0.4) is 0 Å². The van der Waals surface area contributed by atoms with Crippen LogP contribution in [0.4, 0.5) is 4.39 Å². The predicted octanol–water partition coefficient (Wildman–Crippen LogP) is 4.02. The number of halogens is 1. The fraction of sp³-hybridized carbons (Fsp3) is 0.0476. The molecule has 0 unspecified atom stereocenters. The molecule has 3 aromatic rings. The van der Waals surface area contributed by atoms with Gasteiger partial charge in [0.1, 0.15) is 11.6 Å². The first-order valence-electron chi connectivity index (χ1n) is 8.06. The predicted molar refractivity (Wildman–Crippen MR) is 99.5 cm³/mol. The minimum absolute atomic E-state index is 0.198. The molecule has 0 aromatic heterocycles. The molecular formula is C21H17FN2O2. The average molecular weight is 348 g/mol. The number of rotatable bonds is 6. The Kier molecular flexibility index (Phi) is 5.72. The number of hydrazone groups is 1. The van der Waals surface area contributed by atoms with Gasteiger partial charge in [-0.1, -0.05) is 54.6 Å². The van der Waals surface area contributed by atoms with E-state index in [4.69, 9.17) is 4.74 Å². The first-order valence-corrected chi connectivity index (χ1v) is 8.06. The number of nitrogens with zero attached hydrogens (tertiary/aromatic N) is 1. The van der Waals surface area contributed by atoms with Crippen molar-refractivity contribution >= 4 is 12.1 Å². The lowest BCUT2D eigenvalue weighted by atomic mass is 10.0. The second-order valence-electron chi connectivity index (χ2n) is 5.52. The van der Waals surface area contributed by atoms with Crippen LogP contribution in [0.5, 0.6) is 5.75 Å². The molecule has 1 amide bonds. The fourth-order valence-corrected chi connectivity index (χ4v) is 2.28. The maximum absolute atomic E-state index is 12.8. The van der Waals surface area contributed by atoms with Crippen LogP contribution in [0.15, 0.2) is 84.0 Å². The number of carbonyl (C=O) groups is 1. The molecule has 3 rings (SSSR count). The largest absolute Gasteiger partial charge is 0.484 e. The molecule has 0 aliphatic rings. The van der Waals surface area contributed by atoms with Crippen LogP contribution < -0.4 is 10.2 Å². The summed E-state index contributed by atoms with van der Waals surface area (Å²) in [5, 5.41) is 3.91. The Balaban J connectivity index is 1.48. The van der Waals surface area contributed by atoms with E-state index in [0.29, 0.717) is 5.75 Å². The van der Waals surface area contributed by atoms with E-state index in [9.17, 15) is 9.18 Å². The lowest BCUT2D eigenvalue weighted by Crippen LogP contribution is -2.24. The van der Waals surface area contributed by atoms with Crippen molar-refractivity contribution in [3.63, 3.8) is 0 Å². The second kappa shape index (κ2) is 8.58. The van der Waals surface area contributed by atoms with Crippen molar-refractivity contribution in [3.8, 4) is 16.9 Å². The monoisotopic (exact) mass is 348 g/mol. The third-order valence-electron chi connectivity index (χ3n) is 3.60. The van der Waals surface area contributed by atoms with E-state index in [1.807, 2.05) is 54.6 Å². The zero-order valence-electron chi connectivity index (χ0n) is 13.9. The van der Waals surface area contributed by atoms with Gasteiger partial charge in [0.05, 0.1) is 6.21 Å². The Labute approximate surface area is 150 Å². The molecule has 0 aliphatic heterocycles. The number of benzene rings is 3. The van der Waals surface area contributed by atoms with Crippen molar-refractivity contribution in [3.05, 3.63) is 90.2 Å². The zero-order chi connectivity index (χ0) is 18.2. The molecule has 0 fully saturated rings. The summed E-state index contributed by atoms with van der Waals surface area (Å²) in [6.45, 7) is -0.198. The van der Waals surface area contributed by atoms with E-state index in [2.05, 4.69) is 10.5 Å². The molecule has 0 saturated heterocycles. The van der Waals surface area contributed by atoms with Crippen molar-refractivity contribution in [2.75, 3.05) is 6.61 Å². The van der Waals surface area contributed by atoms with Crippen LogP contribution in [-0.4, -0.2) is 18.7 Å². The summed E-state index contributed by atoms with van der Waals surface area (Å²) < 4.78 is 18.0. The number of hydrogen-bond donors (Lipinski definition) is 1. The highest BCUT2D eigenvalue weighted by Crippen LogP contribution is 2.18. The summed E-state index contributed by atoms with van der Waals surface area (Å²) in [5.41, 5.74) is 5.51. The molecule has 130 valence electrons. The van der Waals surface area contributed by atoms with Gasteiger partial charge in [0, 0.05) is 0 Å². The van der Waals surface area contributed by atoms with Gasteiger partial charge in [-0.2, -0.15) is 5.10 Å². The van der Waals surface area contributed by atoms with Crippen LogP contribution in [0, 0.1) is 5.82 Å². The van der Waals surface area contributed by atoms with Gasteiger partial charge < -0.3 is 4.74 Å². The van der Waals surface area contributed by atoms with E-state index in [1.54, 1.807) is 6.21 Å². The van der Waals surface area contributed by atoms with E-state index >= 15 is 0 Å². The average Bonchev–Trinajstić information content (AvgIpc) is 2.69. The van der Waals surface area contributed by atoms with Gasteiger partial charge in [0.15, 0.2) is 6.61 Å². The maximum atomic E-state index is 12.8. The second-order valence-corrected chi connectivity index (χ2v) is 5.52. The molecule has 0 atom stereocenters. The standard InChI is InChI=1S/C21H17FN2O2/c22-19-10-12-20(13-11-19)26-15-21(25)24-23-14-16-6-8-18(9-7-16)17-4-2-1-3-5-17/h1-14H,15H2,(H,24,25)/b23-14-. The first-order chi connectivity index (χ1) is 12.7. The summed E-state index contributed by atoms with van der Waals surface area (Å²) >= 11 is 0. The molecule has 26 heavy (non-hydrogen) atoms. The van der Waals surface area contributed by atoms with E-state index < -0.39 is 5.91 Å². The van der Waals surface area contributed by atoms with E-state index in [-0.39, 0.29) is 12.4 Å². The molecule has 0 radical (unpaired) electrons. The summed E-state index contributed by atoms with van der Waals surface area (Å²) in [6, 6.07) is 23.4. The van der Waals surface area contributed by atoms with Crippen molar-refractivity contribution in [1.29, 1.82) is 0 Å². The lowest BCUT2D eigenvalue weighted by Gasteiger charge is -2.04. The molecule has 4 nitrogen and oxygen atoms in total. The molecule has 0 heterocycles. The highest BCUT2D eigenvalue weighted by Gasteiger charge is 2.01. The Hall–Kier alpha value is -3.47. The Morgan fingerprint density at radius 3 is 2.27 bits per heavy atom. The van der Waals surface area contributed by atoms with Crippen molar-refractivity contribution in [2.24, 2.45) is 5.10 Å². The molecule has 0 saturated carbocycles. The van der Waals surface area contributed by atoms with Gasteiger partial charge in [0.2, 0.25) is 0 Å². The maximum Gasteiger partial charge on any atom is 0.277 e. The van der Waals surface area contributed by atoms with Crippen molar-refractivity contribution in [1.82, 2.24) is 5.43 Å². The molecule has 0 spiro atoms. The van der Waals surface area contributed by atoms with Crippen LogP contribution in [0.25, 0.3) is 11.1 Å². The number of nitrogens with one attached hydrogen (secondary N) is 1. The molecule has 3 aromatic carbocycles. The van der Waals surface area contributed by atoms with Crippen LogP contribution in [0.2, 0.25) is 0 Å². The molecule has 0 bridgehead atoms. The minimum Gasteiger partial charge on any atom is -0.484 e. The number of amides is 1. The summed E-state index contributed by atoms with van der Waals surface area (Å²) in [6.07, 6.45) is 1.56. The zero-order valence-corrected chi connectivity index (χ0v) is 13.9. The van der Waals surface area contributed by atoms with Gasteiger partial charge in [0.25, 0.3) is 5.91 Å². The normalized spacial score (nSPS) is 10.7. The summed E-state index contributed by atoms with van der Waals surface area (Å²) in [7, 11) is 0. The van der Waals surface area contributed by atoms with Crippen molar-refractivity contribution in [2.45, 2.75) is 0 Å². The van der Waals surface area contributed by atoms with Crippen molar-refractivity contribution < 1.29 is 13.9 Å². The van der Waals surface area contributed by atoms with Gasteiger partial charge in [-0.3, -0.25) is 4.79 Å². The lowest BCUT2D eigenvalue weighted by molar-refractivity contribution is -0.123. The van der Waals surface area contributed by atoms with Gasteiger partial charge in [-0.25, -0.2) is 9.82 Å². The molecular weight excluding hydrogens is 331 g/mol. The number of carbonyl (C=O) groups excluding carboxylic acids is 1. The van der Waals surface area contributed by atoms with Gasteiger partial charge in [-0.15, -0.1) is 0 Å². The third kappa shape index (κ3) is 5.01. The van der Waals surface area contributed by atoms with E-state index in [0.717, 1.165) is 16.7 Å². The Morgan fingerprint density at radius 2 is 1.58 bits per heavy atom. The molecule has 0 aliphatic carbocycles. The smallest absolute Gasteiger partial charge is 0.277 e. The first kappa shape index (κ1) is 17.4. The quantitative estimate of drug-likeness (QED) is 0.540.